The molecule has 1 aliphatic rings. The number of carbonyl (C=O) groups is 1. The molecule has 0 aromatic carbocycles. The molecule has 0 radical (unpaired) electrons. The van der Waals surface area contributed by atoms with Gasteiger partial charge in [0.05, 0.1) is 0 Å². The second kappa shape index (κ2) is 8.01. The molecule has 10 heavy (non-hydrogen) atoms. The molecule has 1 fully saturated rings. The molecular weight excluding hydrogens is 330 g/mol. The molecule has 1 heterocycles. The lowest BCUT2D eigenvalue weighted by atomic mass is 10.4. The van der Waals surface area contributed by atoms with E-state index in [9.17, 15) is 4.79 Å². The van der Waals surface area contributed by atoms with Crippen molar-refractivity contribution in [1.82, 2.24) is 4.90 Å². The van der Waals surface area contributed by atoms with Crippen molar-refractivity contribution in [2.75, 3.05) is 13.6 Å². The molecule has 0 N–H and O–H groups in total. The summed E-state index contributed by atoms with van der Waals surface area (Å²) in [4.78, 5) is 12.3. The Bertz CT molecular complexity index is 98.9. The van der Waals surface area contributed by atoms with Gasteiger partial charge in [-0.25, -0.2) is 0 Å². The number of hydrogen-bond acceptors (Lipinski definition) is 1. The molecule has 0 bridgehead atoms. The van der Waals surface area contributed by atoms with E-state index in [0.29, 0.717) is 5.91 Å². The Kier molecular flexibility index (Phi) is 13.7. The lowest BCUT2D eigenvalue weighted by molar-refractivity contribution is -0.126. The van der Waals surface area contributed by atoms with Gasteiger partial charge in [-0.3, -0.25) is 4.79 Å². The topological polar surface area (TPSA) is 20.3 Å². The number of likely N-dealkylation sites (tertiary alicyclic amines) is 1. The maximum Gasteiger partial charge on any atom is 0.222 e. The van der Waals surface area contributed by atoms with E-state index < -0.39 is 0 Å². The number of halogens is 3. The first-order valence-electron chi connectivity index (χ1n) is 2.54. The van der Waals surface area contributed by atoms with E-state index in [-0.39, 0.29) is 50.9 Å². The quantitative estimate of drug-likeness (QED) is 0.659. The summed E-state index contributed by atoms with van der Waals surface area (Å²) >= 11 is 0. The average Bonchev–Trinajstić information content (AvgIpc) is 1.91. The van der Waals surface area contributed by atoms with Crippen molar-refractivity contribution >= 4 is 56.9 Å². The molecule has 1 aliphatic heterocycles. The number of hydrogen-bond donors (Lipinski definition) is 0. The minimum Gasteiger partial charge on any atom is -0.346 e. The van der Waals surface area contributed by atoms with Crippen molar-refractivity contribution in [2.24, 2.45) is 0 Å². The van der Waals surface area contributed by atoms with E-state index in [0.717, 1.165) is 19.4 Å². The number of rotatable bonds is 0. The number of amides is 1. The van der Waals surface area contributed by atoms with Gasteiger partial charge < -0.3 is 4.90 Å². The van der Waals surface area contributed by atoms with Crippen molar-refractivity contribution < 1.29 is 4.79 Å². The van der Waals surface area contributed by atoms with Crippen LogP contribution in [0.5, 0.6) is 0 Å². The molecule has 0 aromatic rings. The fourth-order valence-corrected chi connectivity index (χ4v) is 0.783. The Labute approximate surface area is 92.7 Å². The van der Waals surface area contributed by atoms with Crippen LogP contribution >= 0.6 is 50.9 Å². The SMILES string of the molecule is Br.Br.Br.CN1CCCC1=O. The van der Waals surface area contributed by atoms with Gasteiger partial charge in [0.15, 0.2) is 0 Å². The molecule has 5 heteroatoms. The Balaban J connectivity index is -0.000000163. The van der Waals surface area contributed by atoms with Crippen LogP contribution in [0.3, 0.4) is 0 Å². The van der Waals surface area contributed by atoms with Crippen molar-refractivity contribution in [2.45, 2.75) is 12.8 Å². The first kappa shape index (κ1) is 17.1. The third-order valence-electron chi connectivity index (χ3n) is 1.31. The molecule has 0 unspecified atom stereocenters. The number of nitrogens with zero attached hydrogens (tertiary/aromatic N) is 1. The fraction of sp³-hybridized carbons (Fsp3) is 0.800. The lowest BCUT2D eigenvalue weighted by Crippen LogP contribution is -2.17. The standard InChI is InChI=1S/C5H9NO.3BrH/c1-6-4-2-3-5(6)7;;;/h2-4H2,1H3;3*1H. The molecule has 2 nitrogen and oxygen atoms in total. The second-order valence-corrected chi connectivity index (χ2v) is 1.92. The average molecular weight is 342 g/mol. The lowest BCUT2D eigenvalue weighted by Gasteiger charge is -2.03. The van der Waals surface area contributed by atoms with Crippen LogP contribution in [0.15, 0.2) is 0 Å². The van der Waals surface area contributed by atoms with Crippen LogP contribution in [0.1, 0.15) is 12.8 Å². The number of carbonyl (C=O) groups excluding carboxylic acids is 1. The van der Waals surface area contributed by atoms with Crippen LogP contribution < -0.4 is 0 Å². The minimum absolute atomic E-state index is 0. The highest BCUT2D eigenvalue weighted by atomic mass is 79.9. The molecule has 0 atom stereocenters. The third-order valence-corrected chi connectivity index (χ3v) is 1.31. The van der Waals surface area contributed by atoms with Crippen molar-refractivity contribution in [1.29, 1.82) is 0 Å². The van der Waals surface area contributed by atoms with Gasteiger partial charge in [0.1, 0.15) is 0 Å². The first-order valence-corrected chi connectivity index (χ1v) is 2.54. The normalized spacial score (nSPS) is 14.9. The van der Waals surface area contributed by atoms with Gasteiger partial charge >= 0.3 is 0 Å². The Morgan fingerprint density at radius 3 is 1.90 bits per heavy atom. The van der Waals surface area contributed by atoms with Gasteiger partial charge in [-0.2, -0.15) is 0 Å². The first-order chi connectivity index (χ1) is 3.30. The van der Waals surface area contributed by atoms with E-state index in [2.05, 4.69) is 0 Å². The molecule has 1 rings (SSSR count). The van der Waals surface area contributed by atoms with Crippen LogP contribution in [-0.2, 0) is 4.79 Å². The van der Waals surface area contributed by atoms with E-state index in [1.807, 2.05) is 7.05 Å². The molecule has 1 amide bonds. The van der Waals surface area contributed by atoms with Crippen LogP contribution in [0.2, 0.25) is 0 Å². The highest BCUT2D eigenvalue weighted by molar-refractivity contribution is 8.93. The summed E-state index contributed by atoms with van der Waals surface area (Å²) in [5.74, 6) is 0.292. The fourth-order valence-electron chi connectivity index (χ4n) is 0.783. The Morgan fingerprint density at radius 1 is 1.30 bits per heavy atom. The van der Waals surface area contributed by atoms with Crippen molar-refractivity contribution in [3.05, 3.63) is 0 Å². The van der Waals surface area contributed by atoms with E-state index in [1.165, 1.54) is 0 Å². The second-order valence-electron chi connectivity index (χ2n) is 1.92. The molecule has 0 saturated carbocycles. The maximum absolute atomic E-state index is 10.5. The Morgan fingerprint density at radius 2 is 1.80 bits per heavy atom. The van der Waals surface area contributed by atoms with Gasteiger partial charge in [-0.05, 0) is 6.42 Å². The monoisotopic (exact) mass is 339 g/mol. The van der Waals surface area contributed by atoms with Crippen molar-refractivity contribution in [3.63, 3.8) is 0 Å². The Hall–Kier alpha value is 0.910. The van der Waals surface area contributed by atoms with Gasteiger partial charge in [-0.15, -0.1) is 50.9 Å². The zero-order chi connectivity index (χ0) is 5.28. The van der Waals surface area contributed by atoms with Crippen LogP contribution in [0, 0.1) is 0 Å². The molecular formula is C5H12Br3NO. The molecule has 0 aromatic heterocycles. The summed E-state index contributed by atoms with van der Waals surface area (Å²) in [5.41, 5.74) is 0. The van der Waals surface area contributed by atoms with Gasteiger partial charge in [0.2, 0.25) is 5.91 Å². The van der Waals surface area contributed by atoms with Gasteiger partial charge in [0.25, 0.3) is 0 Å². The summed E-state index contributed by atoms with van der Waals surface area (Å²) in [7, 11) is 1.84. The van der Waals surface area contributed by atoms with E-state index >= 15 is 0 Å². The van der Waals surface area contributed by atoms with Crippen molar-refractivity contribution in [3.8, 4) is 0 Å². The largest absolute Gasteiger partial charge is 0.346 e. The molecule has 1 saturated heterocycles. The summed E-state index contributed by atoms with van der Waals surface area (Å²) in [6.45, 7) is 0.957. The molecule has 64 valence electrons. The van der Waals surface area contributed by atoms with E-state index in [4.69, 9.17) is 0 Å². The predicted octanol–water partition coefficient (Wildman–Crippen LogP) is 1.97. The predicted molar refractivity (Wildman–Crippen MR) is 57.8 cm³/mol. The van der Waals surface area contributed by atoms with Gasteiger partial charge in [0, 0.05) is 20.0 Å². The highest BCUT2D eigenvalue weighted by Crippen LogP contribution is 2.04. The minimum atomic E-state index is 0. The highest BCUT2D eigenvalue weighted by Gasteiger charge is 2.14. The summed E-state index contributed by atoms with van der Waals surface area (Å²) in [5, 5.41) is 0. The summed E-state index contributed by atoms with van der Waals surface area (Å²) in [6.07, 6.45) is 1.81. The molecule has 0 spiro atoms. The van der Waals surface area contributed by atoms with Crippen LogP contribution in [0.25, 0.3) is 0 Å². The maximum atomic E-state index is 10.5. The van der Waals surface area contributed by atoms with Crippen LogP contribution in [0.4, 0.5) is 0 Å². The van der Waals surface area contributed by atoms with Gasteiger partial charge in [-0.1, -0.05) is 0 Å². The zero-order valence-electron chi connectivity index (χ0n) is 5.70. The smallest absolute Gasteiger partial charge is 0.222 e. The van der Waals surface area contributed by atoms with Crippen LogP contribution in [-0.4, -0.2) is 24.4 Å². The molecule has 0 aliphatic carbocycles. The summed E-state index contributed by atoms with van der Waals surface area (Å²) < 4.78 is 0. The summed E-state index contributed by atoms with van der Waals surface area (Å²) in [6, 6.07) is 0. The van der Waals surface area contributed by atoms with E-state index in [1.54, 1.807) is 4.90 Å². The zero-order valence-corrected chi connectivity index (χ0v) is 10.8. The third kappa shape index (κ3) is 4.68.